The summed E-state index contributed by atoms with van der Waals surface area (Å²) in [4.78, 5) is 0. The number of rotatable bonds is 6. The zero-order valence-electron chi connectivity index (χ0n) is 11.7. The van der Waals surface area contributed by atoms with Gasteiger partial charge in [-0.2, -0.15) is 5.26 Å². The number of nitrogens with zero attached hydrogens (tertiary/aromatic N) is 5. The third-order valence-corrected chi connectivity index (χ3v) is 5.24. The van der Waals surface area contributed by atoms with Crippen molar-refractivity contribution in [3.8, 4) is 6.07 Å². The Bertz CT molecular complexity index is 505. The summed E-state index contributed by atoms with van der Waals surface area (Å²) in [5.74, 6) is 0. The lowest BCUT2D eigenvalue weighted by atomic mass is 10.00. The van der Waals surface area contributed by atoms with Gasteiger partial charge in [0.2, 0.25) is 5.16 Å². The molecule has 1 N–H and O–H groups in total. The summed E-state index contributed by atoms with van der Waals surface area (Å²) in [7, 11) is 0. The molecule has 0 spiro atoms. The predicted octanol–water partition coefficient (Wildman–Crippen LogP) is 1.91. The fourth-order valence-electron chi connectivity index (χ4n) is 2.73. The molecule has 0 radical (unpaired) electrons. The third kappa shape index (κ3) is 2.81. The Kier molecular flexibility index (Phi) is 3.94. The van der Waals surface area contributed by atoms with Crippen molar-refractivity contribution in [2.45, 2.75) is 67.4 Å². The van der Waals surface area contributed by atoms with Gasteiger partial charge >= 0.3 is 0 Å². The summed E-state index contributed by atoms with van der Waals surface area (Å²) in [5, 5.41) is 26.3. The minimum Gasteiger partial charge on any atom is -0.299 e. The Balaban J connectivity index is 1.62. The Morgan fingerprint density at radius 2 is 2.35 bits per heavy atom. The molecular formula is C13H20N6S. The van der Waals surface area contributed by atoms with E-state index < -0.39 is 0 Å². The van der Waals surface area contributed by atoms with Crippen LogP contribution in [0.15, 0.2) is 5.16 Å². The summed E-state index contributed by atoms with van der Waals surface area (Å²) >= 11 is 1.74. The number of hydrogen-bond acceptors (Lipinski definition) is 6. The van der Waals surface area contributed by atoms with Crippen LogP contribution < -0.4 is 5.32 Å². The topological polar surface area (TPSA) is 79.4 Å². The van der Waals surface area contributed by atoms with E-state index in [-0.39, 0.29) is 5.54 Å². The quantitative estimate of drug-likeness (QED) is 0.863. The minimum absolute atomic E-state index is 0.342. The summed E-state index contributed by atoms with van der Waals surface area (Å²) in [5.41, 5.74) is -0.342. The fourth-order valence-corrected chi connectivity index (χ4v) is 4.01. The van der Waals surface area contributed by atoms with Gasteiger partial charge in [0, 0.05) is 5.25 Å². The Labute approximate surface area is 123 Å². The second-order valence-electron chi connectivity index (χ2n) is 5.74. The van der Waals surface area contributed by atoms with Gasteiger partial charge in [0.1, 0.15) is 5.54 Å². The molecule has 0 saturated heterocycles. The highest BCUT2D eigenvalue weighted by Crippen LogP contribution is 2.42. The summed E-state index contributed by atoms with van der Waals surface area (Å²) < 4.78 is 1.95. The lowest BCUT2D eigenvalue weighted by molar-refractivity contribution is 0.424. The maximum absolute atomic E-state index is 9.47. The van der Waals surface area contributed by atoms with Crippen molar-refractivity contribution in [3.63, 3.8) is 0 Å². The molecule has 1 heterocycles. The molecule has 0 aromatic carbocycles. The molecular weight excluding hydrogens is 272 g/mol. The van der Waals surface area contributed by atoms with Crippen molar-refractivity contribution in [1.29, 1.82) is 5.26 Å². The first kappa shape index (κ1) is 13.8. The van der Waals surface area contributed by atoms with Gasteiger partial charge in [0.15, 0.2) is 0 Å². The Hall–Kier alpha value is -1.13. The molecule has 2 fully saturated rings. The molecule has 0 bridgehead atoms. The van der Waals surface area contributed by atoms with Gasteiger partial charge in [-0.15, -0.1) is 5.10 Å². The van der Waals surface area contributed by atoms with Crippen molar-refractivity contribution >= 4 is 11.8 Å². The highest BCUT2D eigenvalue weighted by atomic mass is 32.2. The molecule has 0 amide bonds. The molecule has 2 aliphatic carbocycles. The van der Waals surface area contributed by atoms with E-state index in [0.717, 1.165) is 37.4 Å². The van der Waals surface area contributed by atoms with Crippen LogP contribution in [-0.2, 0) is 0 Å². The van der Waals surface area contributed by atoms with E-state index in [1.54, 1.807) is 11.8 Å². The standard InChI is InChI=1S/C13H20N6S/c1-2-7-15-13(9-14)6-5-11(8-13)20-12-16-17-18-19(12)10-3-4-10/h10-11,15H,2-8H2,1H3. The largest absolute Gasteiger partial charge is 0.299 e. The first-order valence-electron chi connectivity index (χ1n) is 7.37. The van der Waals surface area contributed by atoms with Gasteiger partial charge in [-0.25, -0.2) is 4.68 Å². The number of hydrogen-bond donors (Lipinski definition) is 1. The van der Waals surface area contributed by atoms with Crippen LogP contribution in [0.2, 0.25) is 0 Å². The van der Waals surface area contributed by atoms with Gasteiger partial charge < -0.3 is 0 Å². The number of aromatic nitrogens is 4. The van der Waals surface area contributed by atoms with E-state index in [1.807, 2.05) is 4.68 Å². The van der Waals surface area contributed by atoms with Gasteiger partial charge in [-0.3, -0.25) is 5.32 Å². The second kappa shape index (κ2) is 5.70. The van der Waals surface area contributed by atoms with Crippen LogP contribution in [0.25, 0.3) is 0 Å². The van der Waals surface area contributed by atoms with Crippen molar-refractivity contribution in [3.05, 3.63) is 0 Å². The van der Waals surface area contributed by atoms with Gasteiger partial charge in [0.05, 0.1) is 12.1 Å². The van der Waals surface area contributed by atoms with E-state index in [0.29, 0.717) is 11.3 Å². The molecule has 108 valence electrons. The lowest BCUT2D eigenvalue weighted by Gasteiger charge is -2.22. The van der Waals surface area contributed by atoms with Crippen molar-refractivity contribution < 1.29 is 0 Å². The van der Waals surface area contributed by atoms with Crippen LogP contribution in [0.4, 0.5) is 0 Å². The molecule has 1 aromatic rings. The zero-order valence-corrected chi connectivity index (χ0v) is 12.6. The van der Waals surface area contributed by atoms with E-state index in [9.17, 15) is 5.26 Å². The highest BCUT2D eigenvalue weighted by molar-refractivity contribution is 7.99. The van der Waals surface area contributed by atoms with E-state index >= 15 is 0 Å². The Morgan fingerprint density at radius 3 is 3.05 bits per heavy atom. The summed E-state index contributed by atoms with van der Waals surface area (Å²) in [6.45, 7) is 3.04. The van der Waals surface area contributed by atoms with Gasteiger partial charge in [-0.1, -0.05) is 18.7 Å². The molecule has 7 heteroatoms. The highest BCUT2D eigenvalue weighted by Gasteiger charge is 2.40. The van der Waals surface area contributed by atoms with Crippen LogP contribution in [0, 0.1) is 11.3 Å². The molecule has 2 atom stereocenters. The smallest absolute Gasteiger partial charge is 0.209 e. The van der Waals surface area contributed by atoms with Crippen LogP contribution in [0.3, 0.4) is 0 Å². The predicted molar refractivity (Wildman–Crippen MR) is 76.2 cm³/mol. The first-order chi connectivity index (χ1) is 9.76. The van der Waals surface area contributed by atoms with E-state index in [1.165, 1.54) is 12.8 Å². The molecule has 3 rings (SSSR count). The van der Waals surface area contributed by atoms with Crippen LogP contribution in [0.5, 0.6) is 0 Å². The lowest BCUT2D eigenvalue weighted by Crippen LogP contribution is -2.42. The number of tetrazole rings is 1. The average Bonchev–Trinajstić information content (AvgIpc) is 3.07. The maximum Gasteiger partial charge on any atom is 0.209 e. The SMILES string of the molecule is CCCNC1(C#N)CCC(Sc2nnnn2C2CC2)C1. The maximum atomic E-state index is 9.47. The minimum atomic E-state index is -0.342. The van der Waals surface area contributed by atoms with E-state index in [4.69, 9.17) is 0 Å². The normalized spacial score (nSPS) is 29.5. The molecule has 2 saturated carbocycles. The number of nitriles is 1. The van der Waals surface area contributed by atoms with E-state index in [2.05, 4.69) is 33.8 Å². The van der Waals surface area contributed by atoms with Gasteiger partial charge in [0.25, 0.3) is 0 Å². The average molecular weight is 292 g/mol. The van der Waals surface area contributed by atoms with Crippen molar-refractivity contribution in [1.82, 2.24) is 25.5 Å². The van der Waals surface area contributed by atoms with Crippen molar-refractivity contribution in [2.24, 2.45) is 0 Å². The number of thioether (sulfide) groups is 1. The third-order valence-electron chi connectivity index (χ3n) is 4.02. The molecule has 0 aliphatic heterocycles. The zero-order chi connectivity index (χ0) is 14.0. The molecule has 6 nitrogen and oxygen atoms in total. The molecule has 1 aromatic heterocycles. The monoisotopic (exact) mass is 292 g/mol. The first-order valence-corrected chi connectivity index (χ1v) is 8.25. The fraction of sp³-hybridized carbons (Fsp3) is 0.846. The Morgan fingerprint density at radius 1 is 1.50 bits per heavy atom. The van der Waals surface area contributed by atoms with Crippen molar-refractivity contribution in [2.75, 3.05) is 6.54 Å². The van der Waals surface area contributed by atoms with Crippen LogP contribution >= 0.6 is 11.8 Å². The summed E-state index contributed by atoms with van der Waals surface area (Å²) in [6.07, 6.45) is 6.28. The van der Waals surface area contributed by atoms with Crippen LogP contribution in [0.1, 0.15) is 51.5 Å². The molecule has 20 heavy (non-hydrogen) atoms. The second-order valence-corrected chi connectivity index (χ2v) is 7.01. The molecule has 2 unspecified atom stereocenters. The van der Waals surface area contributed by atoms with Gasteiger partial charge in [-0.05, 0) is 55.5 Å². The number of nitrogens with one attached hydrogen (secondary N) is 1. The van der Waals surface area contributed by atoms with Crippen LogP contribution in [-0.4, -0.2) is 37.5 Å². The molecule has 2 aliphatic rings. The summed E-state index contributed by atoms with van der Waals surface area (Å²) in [6, 6.07) is 3.00.